The minimum atomic E-state index is -0.226. The van der Waals surface area contributed by atoms with Crippen molar-refractivity contribution in [3.63, 3.8) is 0 Å². The molecule has 0 radical (unpaired) electrons. The third-order valence-electron chi connectivity index (χ3n) is 3.65. The number of methoxy groups -OCH3 is 1. The zero-order valence-electron chi connectivity index (χ0n) is 10.8. The van der Waals surface area contributed by atoms with Crippen molar-refractivity contribution in [1.29, 1.82) is 0 Å². The minimum absolute atomic E-state index is 0.210. The molecule has 2 nitrogen and oxygen atoms in total. The fourth-order valence-corrected chi connectivity index (χ4v) is 2.62. The Balaban J connectivity index is 2.18. The SMILES string of the molecule is COC1CN(c2cc(F)cc(CCl)c2)CCC1C. The van der Waals surface area contributed by atoms with Crippen LogP contribution >= 0.6 is 11.6 Å². The van der Waals surface area contributed by atoms with Crippen molar-refractivity contribution in [2.45, 2.75) is 25.3 Å². The normalized spacial score (nSPS) is 24.3. The summed E-state index contributed by atoms with van der Waals surface area (Å²) in [5, 5.41) is 0. The lowest BCUT2D eigenvalue weighted by Crippen LogP contribution is -2.44. The molecule has 0 saturated carbocycles. The third kappa shape index (κ3) is 2.96. The first kappa shape index (κ1) is 13.6. The number of halogens is 2. The molecule has 1 saturated heterocycles. The summed E-state index contributed by atoms with van der Waals surface area (Å²) in [7, 11) is 1.74. The van der Waals surface area contributed by atoms with Gasteiger partial charge in [-0.3, -0.25) is 0 Å². The molecule has 2 rings (SSSR count). The number of ether oxygens (including phenoxy) is 1. The number of nitrogens with zero attached hydrogens (tertiary/aromatic N) is 1. The van der Waals surface area contributed by atoms with E-state index in [2.05, 4.69) is 11.8 Å². The summed E-state index contributed by atoms with van der Waals surface area (Å²) in [6.45, 7) is 3.94. The number of hydrogen-bond acceptors (Lipinski definition) is 2. The second-order valence-corrected chi connectivity index (χ2v) is 5.20. The molecule has 1 fully saturated rings. The van der Waals surface area contributed by atoms with Gasteiger partial charge in [0.1, 0.15) is 5.82 Å². The van der Waals surface area contributed by atoms with Gasteiger partial charge in [-0.2, -0.15) is 0 Å². The quantitative estimate of drug-likeness (QED) is 0.781. The predicted molar refractivity (Wildman–Crippen MR) is 72.7 cm³/mol. The van der Waals surface area contributed by atoms with Gasteiger partial charge in [0.15, 0.2) is 0 Å². The van der Waals surface area contributed by atoms with Gasteiger partial charge in [0.05, 0.1) is 6.10 Å². The van der Waals surface area contributed by atoms with E-state index >= 15 is 0 Å². The Hall–Kier alpha value is -0.800. The maximum absolute atomic E-state index is 13.5. The summed E-state index contributed by atoms with van der Waals surface area (Å²) >= 11 is 5.78. The van der Waals surface area contributed by atoms with Gasteiger partial charge in [-0.25, -0.2) is 4.39 Å². The van der Waals surface area contributed by atoms with Gasteiger partial charge >= 0.3 is 0 Å². The van der Waals surface area contributed by atoms with Crippen LogP contribution in [-0.4, -0.2) is 26.3 Å². The van der Waals surface area contributed by atoms with Crippen LogP contribution in [0.2, 0.25) is 0 Å². The molecule has 4 heteroatoms. The molecule has 1 aromatic rings. The third-order valence-corrected chi connectivity index (χ3v) is 3.96. The Labute approximate surface area is 113 Å². The van der Waals surface area contributed by atoms with E-state index in [0.717, 1.165) is 30.8 Å². The molecule has 18 heavy (non-hydrogen) atoms. The van der Waals surface area contributed by atoms with Crippen molar-refractivity contribution < 1.29 is 9.13 Å². The molecule has 1 aromatic carbocycles. The van der Waals surface area contributed by atoms with Crippen LogP contribution in [0.25, 0.3) is 0 Å². The highest BCUT2D eigenvalue weighted by atomic mass is 35.5. The van der Waals surface area contributed by atoms with E-state index < -0.39 is 0 Å². The largest absolute Gasteiger partial charge is 0.379 e. The first-order valence-electron chi connectivity index (χ1n) is 6.27. The van der Waals surface area contributed by atoms with E-state index in [4.69, 9.17) is 16.3 Å². The lowest BCUT2D eigenvalue weighted by Gasteiger charge is -2.37. The molecule has 1 aliphatic heterocycles. The number of rotatable bonds is 3. The molecule has 2 atom stereocenters. The molecule has 1 aliphatic rings. The van der Waals surface area contributed by atoms with Gasteiger partial charge in [0.25, 0.3) is 0 Å². The van der Waals surface area contributed by atoms with E-state index in [1.54, 1.807) is 13.2 Å². The van der Waals surface area contributed by atoms with Gasteiger partial charge in [-0.05, 0) is 36.1 Å². The number of piperidine rings is 1. The van der Waals surface area contributed by atoms with Crippen molar-refractivity contribution in [2.75, 3.05) is 25.1 Å². The molecule has 0 N–H and O–H groups in total. The number of benzene rings is 1. The molecule has 2 unspecified atom stereocenters. The van der Waals surface area contributed by atoms with Crippen LogP contribution < -0.4 is 4.90 Å². The van der Waals surface area contributed by atoms with Crippen LogP contribution in [0.5, 0.6) is 0 Å². The first-order chi connectivity index (χ1) is 8.63. The molecule has 0 bridgehead atoms. The standard InChI is InChI=1S/C14H19ClFNO/c1-10-3-4-17(9-14(10)18-2)13-6-11(8-15)5-12(16)7-13/h5-7,10,14H,3-4,8-9H2,1-2H3. The van der Waals surface area contributed by atoms with Crippen LogP contribution in [0.4, 0.5) is 10.1 Å². The van der Waals surface area contributed by atoms with Gasteiger partial charge in [-0.1, -0.05) is 6.92 Å². The van der Waals surface area contributed by atoms with Crippen LogP contribution in [0.1, 0.15) is 18.9 Å². The van der Waals surface area contributed by atoms with E-state index in [9.17, 15) is 4.39 Å². The smallest absolute Gasteiger partial charge is 0.125 e. The molecule has 0 aliphatic carbocycles. The highest BCUT2D eigenvalue weighted by Gasteiger charge is 2.26. The van der Waals surface area contributed by atoms with Crippen molar-refractivity contribution in [1.82, 2.24) is 0 Å². The molecule has 0 aromatic heterocycles. The lowest BCUT2D eigenvalue weighted by molar-refractivity contribution is 0.0498. The number of alkyl halides is 1. The molecular weight excluding hydrogens is 253 g/mol. The monoisotopic (exact) mass is 271 g/mol. The average Bonchev–Trinajstić information content (AvgIpc) is 2.38. The maximum atomic E-state index is 13.5. The van der Waals surface area contributed by atoms with Gasteiger partial charge in [0, 0.05) is 31.8 Å². The van der Waals surface area contributed by atoms with E-state index in [-0.39, 0.29) is 11.9 Å². The second kappa shape index (κ2) is 5.89. The van der Waals surface area contributed by atoms with Gasteiger partial charge < -0.3 is 9.64 Å². The molecule has 1 heterocycles. The Kier molecular flexibility index (Phi) is 4.46. The summed E-state index contributed by atoms with van der Waals surface area (Å²) in [6, 6.07) is 5.01. The summed E-state index contributed by atoms with van der Waals surface area (Å²) in [6.07, 6.45) is 1.27. The van der Waals surface area contributed by atoms with Crippen molar-refractivity contribution in [3.05, 3.63) is 29.6 Å². The summed E-state index contributed by atoms with van der Waals surface area (Å²) in [5.41, 5.74) is 1.72. The van der Waals surface area contributed by atoms with Crippen LogP contribution in [-0.2, 0) is 10.6 Å². The first-order valence-corrected chi connectivity index (χ1v) is 6.80. The highest BCUT2D eigenvalue weighted by molar-refractivity contribution is 6.17. The van der Waals surface area contributed by atoms with Crippen molar-refractivity contribution in [3.8, 4) is 0 Å². The molecule has 100 valence electrons. The van der Waals surface area contributed by atoms with E-state index in [1.165, 1.54) is 6.07 Å². The average molecular weight is 272 g/mol. The number of anilines is 1. The topological polar surface area (TPSA) is 12.5 Å². The lowest BCUT2D eigenvalue weighted by atomic mass is 9.95. The summed E-state index contributed by atoms with van der Waals surface area (Å²) < 4.78 is 19.0. The fraction of sp³-hybridized carbons (Fsp3) is 0.571. The Bertz CT molecular complexity index is 413. The Morgan fingerprint density at radius 1 is 1.44 bits per heavy atom. The summed E-state index contributed by atoms with van der Waals surface area (Å²) in [4.78, 5) is 2.17. The highest BCUT2D eigenvalue weighted by Crippen LogP contribution is 2.26. The molecular formula is C14H19ClFNO. The van der Waals surface area contributed by atoms with Crippen molar-refractivity contribution in [2.24, 2.45) is 5.92 Å². The maximum Gasteiger partial charge on any atom is 0.125 e. The second-order valence-electron chi connectivity index (χ2n) is 4.94. The Morgan fingerprint density at radius 2 is 2.22 bits per heavy atom. The number of hydrogen-bond donors (Lipinski definition) is 0. The summed E-state index contributed by atoms with van der Waals surface area (Å²) in [5.74, 6) is 0.658. The van der Waals surface area contributed by atoms with Crippen molar-refractivity contribution >= 4 is 17.3 Å². The van der Waals surface area contributed by atoms with Crippen LogP contribution in [0.15, 0.2) is 18.2 Å². The molecule has 0 amide bonds. The van der Waals surface area contributed by atoms with E-state index in [0.29, 0.717) is 11.8 Å². The van der Waals surface area contributed by atoms with Gasteiger partial charge in [0.2, 0.25) is 0 Å². The van der Waals surface area contributed by atoms with Crippen LogP contribution in [0, 0.1) is 11.7 Å². The predicted octanol–water partition coefficient (Wildman–Crippen LogP) is 3.43. The van der Waals surface area contributed by atoms with Gasteiger partial charge in [-0.15, -0.1) is 11.6 Å². The van der Waals surface area contributed by atoms with E-state index in [1.807, 2.05) is 6.07 Å². The Morgan fingerprint density at radius 3 is 2.89 bits per heavy atom. The zero-order chi connectivity index (χ0) is 13.1. The molecule has 0 spiro atoms. The fourth-order valence-electron chi connectivity index (χ4n) is 2.47. The zero-order valence-corrected chi connectivity index (χ0v) is 11.6. The van der Waals surface area contributed by atoms with Crippen LogP contribution in [0.3, 0.4) is 0 Å². The minimum Gasteiger partial charge on any atom is -0.379 e.